The van der Waals surface area contributed by atoms with E-state index in [0.29, 0.717) is 0 Å². The quantitative estimate of drug-likeness (QED) is 0.770. The van der Waals surface area contributed by atoms with Crippen molar-refractivity contribution in [1.29, 1.82) is 0 Å². The number of halogens is 3. The van der Waals surface area contributed by atoms with Gasteiger partial charge in [-0.05, 0) is 31.0 Å². The molecule has 1 heterocycles. The molecule has 0 atom stereocenters. The summed E-state index contributed by atoms with van der Waals surface area (Å²) in [5.74, 6) is -0.306. The fourth-order valence-corrected chi connectivity index (χ4v) is 2.25. The van der Waals surface area contributed by atoms with Gasteiger partial charge in [0, 0.05) is 18.9 Å². The highest BCUT2D eigenvalue weighted by Gasteiger charge is 2.36. The van der Waals surface area contributed by atoms with E-state index >= 15 is 0 Å². The Morgan fingerprint density at radius 2 is 1.79 bits per heavy atom. The van der Waals surface area contributed by atoms with Gasteiger partial charge in [0.25, 0.3) is 0 Å². The van der Waals surface area contributed by atoms with E-state index in [9.17, 15) is 13.2 Å². The molecule has 7 heteroatoms. The SMILES string of the molecule is CCCc1ccc(N(C)c2ncc(C(F)(F)F)c(OCC)n2)cc1. The minimum atomic E-state index is -4.55. The Labute approximate surface area is 139 Å². The molecule has 1 aromatic heterocycles. The highest BCUT2D eigenvalue weighted by atomic mass is 19.4. The number of benzene rings is 1. The molecule has 2 aromatic rings. The predicted molar refractivity (Wildman–Crippen MR) is 86.7 cm³/mol. The smallest absolute Gasteiger partial charge is 0.423 e. The molecule has 0 aliphatic rings. The van der Waals surface area contributed by atoms with Crippen LogP contribution in [0.5, 0.6) is 5.88 Å². The zero-order chi connectivity index (χ0) is 17.7. The summed E-state index contributed by atoms with van der Waals surface area (Å²) in [6, 6.07) is 7.77. The van der Waals surface area contributed by atoms with Crippen LogP contribution in [0.4, 0.5) is 24.8 Å². The van der Waals surface area contributed by atoms with Gasteiger partial charge in [0.1, 0.15) is 5.56 Å². The van der Waals surface area contributed by atoms with Gasteiger partial charge in [0.2, 0.25) is 11.8 Å². The van der Waals surface area contributed by atoms with Crippen LogP contribution in [0.25, 0.3) is 0 Å². The van der Waals surface area contributed by atoms with Crippen LogP contribution in [0.15, 0.2) is 30.5 Å². The van der Waals surface area contributed by atoms with Crippen molar-refractivity contribution in [2.24, 2.45) is 0 Å². The summed E-state index contributed by atoms with van der Waals surface area (Å²) in [5, 5.41) is 0. The zero-order valence-corrected chi connectivity index (χ0v) is 13.9. The molecule has 0 amide bonds. The Morgan fingerprint density at radius 3 is 2.33 bits per heavy atom. The van der Waals surface area contributed by atoms with Gasteiger partial charge in [-0.2, -0.15) is 18.2 Å². The molecule has 0 aliphatic carbocycles. The van der Waals surface area contributed by atoms with Crippen molar-refractivity contribution in [2.45, 2.75) is 32.9 Å². The minimum absolute atomic E-state index is 0.0922. The highest BCUT2D eigenvalue weighted by molar-refractivity contribution is 5.57. The molecule has 0 fully saturated rings. The standard InChI is InChI=1S/C17H20F3N3O/c1-4-6-12-7-9-13(10-8-12)23(3)16-21-11-14(17(18,19)20)15(22-16)24-5-2/h7-11H,4-6H2,1-3H3. The summed E-state index contributed by atoms with van der Waals surface area (Å²) >= 11 is 0. The lowest BCUT2D eigenvalue weighted by Gasteiger charge is -2.19. The van der Waals surface area contributed by atoms with Crippen LogP contribution in [0.3, 0.4) is 0 Å². The Bertz CT molecular complexity index is 672. The second kappa shape index (κ2) is 7.51. The van der Waals surface area contributed by atoms with Crippen LogP contribution in [0.2, 0.25) is 0 Å². The van der Waals surface area contributed by atoms with Gasteiger partial charge in [0.15, 0.2) is 0 Å². The Morgan fingerprint density at radius 1 is 1.12 bits per heavy atom. The predicted octanol–water partition coefficient (Wildman–Crippen LogP) is 4.61. The maximum absolute atomic E-state index is 13.0. The Balaban J connectivity index is 2.31. The van der Waals surface area contributed by atoms with E-state index in [1.165, 1.54) is 5.56 Å². The van der Waals surface area contributed by atoms with E-state index in [-0.39, 0.29) is 12.6 Å². The first-order valence-corrected chi connectivity index (χ1v) is 7.76. The minimum Gasteiger partial charge on any atom is -0.477 e. The molecule has 0 N–H and O–H groups in total. The first-order chi connectivity index (χ1) is 11.4. The number of aryl methyl sites for hydroxylation is 1. The second-order valence-corrected chi connectivity index (χ2v) is 5.30. The third-order valence-electron chi connectivity index (χ3n) is 3.49. The third-order valence-corrected chi connectivity index (χ3v) is 3.49. The van der Waals surface area contributed by atoms with Gasteiger partial charge in [-0.3, -0.25) is 0 Å². The van der Waals surface area contributed by atoms with Crippen molar-refractivity contribution in [2.75, 3.05) is 18.6 Å². The molecule has 130 valence electrons. The van der Waals surface area contributed by atoms with E-state index in [1.807, 2.05) is 24.3 Å². The number of ether oxygens (including phenoxy) is 1. The first-order valence-electron chi connectivity index (χ1n) is 7.76. The molecule has 0 saturated carbocycles. The monoisotopic (exact) mass is 339 g/mol. The molecule has 4 nitrogen and oxygen atoms in total. The lowest BCUT2D eigenvalue weighted by molar-refractivity contribution is -0.139. The van der Waals surface area contributed by atoms with Crippen molar-refractivity contribution in [3.8, 4) is 5.88 Å². The number of rotatable bonds is 6. The van der Waals surface area contributed by atoms with Crippen LogP contribution in [0.1, 0.15) is 31.4 Å². The van der Waals surface area contributed by atoms with Gasteiger partial charge in [-0.1, -0.05) is 25.5 Å². The number of anilines is 2. The summed E-state index contributed by atoms with van der Waals surface area (Å²) in [4.78, 5) is 9.40. The molecule has 0 saturated heterocycles. The van der Waals surface area contributed by atoms with E-state index in [1.54, 1.807) is 18.9 Å². The maximum atomic E-state index is 13.0. The number of alkyl halides is 3. The molecule has 0 unspecified atom stereocenters. The first kappa shape index (κ1) is 18.0. The molecule has 0 radical (unpaired) electrons. The second-order valence-electron chi connectivity index (χ2n) is 5.30. The van der Waals surface area contributed by atoms with Crippen molar-refractivity contribution in [3.63, 3.8) is 0 Å². The van der Waals surface area contributed by atoms with Crippen molar-refractivity contribution in [1.82, 2.24) is 9.97 Å². The van der Waals surface area contributed by atoms with Crippen LogP contribution in [-0.2, 0) is 12.6 Å². The molecule has 24 heavy (non-hydrogen) atoms. The summed E-state index contributed by atoms with van der Waals surface area (Å²) in [5.41, 5.74) is 1.02. The largest absolute Gasteiger partial charge is 0.477 e. The molecule has 2 rings (SSSR count). The fourth-order valence-electron chi connectivity index (χ4n) is 2.25. The van der Waals surface area contributed by atoms with E-state index in [4.69, 9.17) is 4.74 Å². The summed E-state index contributed by atoms with van der Waals surface area (Å²) in [6.45, 7) is 3.80. The van der Waals surface area contributed by atoms with Crippen LogP contribution in [-0.4, -0.2) is 23.6 Å². The highest BCUT2D eigenvalue weighted by Crippen LogP contribution is 2.36. The van der Waals surface area contributed by atoms with Crippen LogP contribution in [0, 0.1) is 0 Å². The maximum Gasteiger partial charge on any atom is 0.423 e. The van der Waals surface area contributed by atoms with Gasteiger partial charge in [0.05, 0.1) is 6.61 Å². The molecular formula is C17H20F3N3O. The lowest BCUT2D eigenvalue weighted by atomic mass is 10.1. The average Bonchev–Trinajstić information content (AvgIpc) is 2.54. The van der Waals surface area contributed by atoms with E-state index in [2.05, 4.69) is 16.9 Å². The van der Waals surface area contributed by atoms with Gasteiger partial charge in [-0.25, -0.2) is 4.98 Å². The summed E-state index contributed by atoms with van der Waals surface area (Å²) < 4.78 is 44.0. The molecule has 1 aromatic carbocycles. The van der Waals surface area contributed by atoms with E-state index < -0.39 is 17.6 Å². The van der Waals surface area contributed by atoms with Gasteiger partial charge in [-0.15, -0.1) is 0 Å². The molecule has 0 spiro atoms. The Hall–Kier alpha value is -2.31. The Kier molecular flexibility index (Phi) is 5.64. The normalized spacial score (nSPS) is 11.4. The summed E-state index contributed by atoms with van der Waals surface area (Å²) in [6.07, 6.45) is -1.76. The lowest BCUT2D eigenvalue weighted by Crippen LogP contribution is -2.17. The average molecular weight is 339 g/mol. The molecule has 0 aliphatic heterocycles. The van der Waals surface area contributed by atoms with Crippen LogP contribution >= 0.6 is 0 Å². The van der Waals surface area contributed by atoms with Crippen LogP contribution < -0.4 is 9.64 Å². The van der Waals surface area contributed by atoms with E-state index in [0.717, 1.165) is 24.7 Å². The van der Waals surface area contributed by atoms with Gasteiger partial charge < -0.3 is 9.64 Å². The molecule has 0 bridgehead atoms. The van der Waals surface area contributed by atoms with Crippen molar-refractivity contribution < 1.29 is 17.9 Å². The van der Waals surface area contributed by atoms with Crippen molar-refractivity contribution in [3.05, 3.63) is 41.6 Å². The number of nitrogens with zero attached hydrogens (tertiary/aromatic N) is 3. The third kappa shape index (κ3) is 4.15. The zero-order valence-electron chi connectivity index (χ0n) is 13.9. The van der Waals surface area contributed by atoms with Gasteiger partial charge >= 0.3 is 6.18 Å². The number of hydrogen-bond donors (Lipinski definition) is 0. The number of aromatic nitrogens is 2. The fraction of sp³-hybridized carbons (Fsp3) is 0.412. The van der Waals surface area contributed by atoms with Crippen molar-refractivity contribution >= 4 is 11.6 Å². The molecular weight excluding hydrogens is 319 g/mol. The topological polar surface area (TPSA) is 38.2 Å². The summed E-state index contributed by atoms with van der Waals surface area (Å²) in [7, 11) is 1.70. The number of hydrogen-bond acceptors (Lipinski definition) is 4.